The Labute approximate surface area is 73.7 Å². The average molecular weight is 173 g/mol. The van der Waals surface area contributed by atoms with Crippen LogP contribution in [0.3, 0.4) is 0 Å². The van der Waals surface area contributed by atoms with Crippen LogP contribution >= 0.6 is 0 Å². The summed E-state index contributed by atoms with van der Waals surface area (Å²) in [6, 6.07) is 0. The molecule has 0 aromatic carbocycles. The Morgan fingerprint density at radius 1 is 1.25 bits per heavy atom. The van der Waals surface area contributed by atoms with Crippen molar-refractivity contribution in [1.82, 2.24) is 0 Å². The quantitative estimate of drug-likeness (QED) is 0.436. The number of carbonyl (C=O) groups excluding carboxylic acids is 1. The Morgan fingerprint density at radius 2 is 2.00 bits per heavy atom. The summed E-state index contributed by atoms with van der Waals surface area (Å²) in [4.78, 5) is 10.9. The SMILES string of the molecule is CCCCOC(=O)CCCC[O]. The Kier molecular flexibility index (Phi) is 8.12. The van der Waals surface area contributed by atoms with E-state index in [2.05, 4.69) is 0 Å². The lowest BCUT2D eigenvalue weighted by Crippen LogP contribution is -2.05. The zero-order valence-electron chi connectivity index (χ0n) is 7.67. The summed E-state index contributed by atoms with van der Waals surface area (Å²) in [5.74, 6) is -0.170. The van der Waals surface area contributed by atoms with E-state index in [4.69, 9.17) is 4.74 Å². The van der Waals surface area contributed by atoms with Crippen molar-refractivity contribution in [2.45, 2.75) is 39.0 Å². The van der Waals surface area contributed by atoms with Crippen molar-refractivity contribution in [2.24, 2.45) is 0 Å². The third-order valence-corrected chi connectivity index (χ3v) is 1.54. The second kappa shape index (κ2) is 8.53. The van der Waals surface area contributed by atoms with E-state index in [1.54, 1.807) is 0 Å². The maximum atomic E-state index is 10.9. The van der Waals surface area contributed by atoms with Crippen LogP contribution in [0.4, 0.5) is 0 Å². The van der Waals surface area contributed by atoms with E-state index in [-0.39, 0.29) is 12.6 Å². The standard InChI is InChI=1S/C9H17O3/c1-2-3-8-12-9(11)6-4-5-7-10/h2-8H2,1H3. The van der Waals surface area contributed by atoms with Crippen LogP contribution in [0, 0.1) is 0 Å². The van der Waals surface area contributed by atoms with Crippen molar-refractivity contribution >= 4 is 5.97 Å². The lowest BCUT2D eigenvalue weighted by atomic mass is 10.2. The number of esters is 1. The first-order chi connectivity index (χ1) is 5.81. The van der Waals surface area contributed by atoms with Crippen molar-refractivity contribution in [1.29, 1.82) is 0 Å². The maximum absolute atomic E-state index is 10.9. The smallest absolute Gasteiger partial charge is 0.305 e. The molecule has 0 saturated carbocycles. The fourth-order valence-corrected chi connectivity index (χ4v) is 0.774. The van der Waals surface area contributed by atoms with Crippen molar-refractivity contribution in [3.05, 3.63) is 0 Å². The van der Waals surface area contributed by atoms with Crippen LogP contribution in [-0.2, 0) is 14.6 Å². The van der Waals surface area contributed by atoms with E-state index in [1.807, 2.05) is 6.92 Å². The van der Waals surface area contributed by atoms with Gasteiger partial charge in [-0.25, -0.2) is 5.11 Å². The highest BCUT2D eigenvalue weighted by molar-refractivity contribution is 5.69. The van der Waals surface area contributed by atoms with Gasteiger partial charge in [-0.2, -0.15) is 0 Å². The zero-order valence-corrected chi connectivity index (χ0v) is 7.67. The molecule has 0 aromatic heterocycles. The fourth-order valence-electron chi connectivity index (χ4n) is 0.774. The highest BCUT2D eigenvalue weighted by Crippen LogP contribution is 1.98. The molecule has 0 atom stereocenters. The summed E-state index contributed by atoms with van der Waals surface area (Å²) in [6.07, 6.45) is 3.59. The summed E-state index contributed by atoms with van der Waals surface area (Å²) in [6.45, 7) is 2.47. The van der Waals surface area contributed by atoms with Gasteiger partial charge in [0.2, 0.25) is 0 Å². The van der Waals surface area contributed by atoms with Crippen LogP contribution in [0.2, 0.25) is 0 Å². The first-order valence-electron chi connectivity index (χ1n) is 4.55. The van der Waals surface area contributed by atoms with E-state index in [0.717, 1.165) is 12.8 Å². The first kappa shape index (κ1) is 11.4. The highest BCUT2D eigenvalue weighted by atomic mass is 16.5. The van der Waals surface area contributed by atoms with Gasteiger partial charge in [-0.15, -0.1) is 0 Å². The molecule has 3 nitrogen and oxygen atoms in total. The Bertz CT molecular complexity index is 100. The van der Waals surface area contributed by atoms with Crippen LogP contribution in [0.25, 0.3) is 0 Å². The predicted molar refractivity (Wildman–Crippen MR) is 45.3 cm³/mol. The van der Waals surface area contributed by atoms with Gasteiger partial charge in [-0.05, 0) is 19.3 Å². The molecule has 0 amide bonds. The molecule has 71 valence electrons. The summed E-state index contributed by atoms with van der Waals surface area (Å²) in [7, 11) is 0. The minimum absolute atomic E-state index is 0.0950. The molecular weight excluding hydrogens is 156 g/mol. The molecule has 0 aliphatic rings. The Morgan fingerprint density at radius 3 is 2.58 bits per heavy atom. The molecule has 0 aromatic rings. The van der Waals surface area contributed by atoms with Gasteiger partial charge in [-0.1, -0.05) is 13.3 Å². The number of unbranched alkanes of at least 4 members (excludes halogenated alkanes) is 2. The number of ether oxygens (including phenoxy) is 1. The normalized spacial score (nSPS) is 9.83. The van der Waals surface area contributed by atoms with Crippen LogP contribution in [0.1, 0.15) is 39.0 Å². The van der Waals surface area contributed by atoms with Gasteiger partial charge < -0.3 is 4.74 Å². The average Bonchev–Trinajstić information content (AvgIpc) is 2.06. The molecule has 0 saturated heterocycles. The molecule has 12 heavy (non-hydrogen) atoms. The van der Waals surface area contributed by atoms with E-state index in [9.17, 15) is 9.90 Å². The molecule has 0 rings (SSSR count). The third-order valence-electron chi connectivity index (χ3n) is 1.54. The molecular formula is C9H17O3. The van der Waals surface area contributed by atoms with Gasteiger partial charge in [0.05, 0.1) is 13.2 Å². The molecule has 0 aliphatic carbocycles. The molecule has 3 heteroatoms. The van der Waals surface area contributed by atoms with E-state index in [0.29, 0.717) is 25.9 Å². The predicted octanol–water partition coefficient (Wildman–Crippen LogP) is 1.93. The van der Waals surface area contributed by atoms with Crippen LogP contribution < -0.4 is 0 Å². The second-order valence-electron chi connectivity index (χ2n) is 2.74. The van der Waals surface area contributed by atoms with E-state index < -0.39 is 0 Å². The van der Waals surface area contributed by atoms with Crippen LogP contribution in [-0.4, -0.2) is 19.2 Å². The van der Waals surface area contributed by atoms with Crippen molar-refractivity contribution in [3.8, 4) is 0 Å². The number of carbonyl (C=O) groups is 1. The molecule has 0 spiro atoms. The molecule has 0 fully saturated rings. The third kappa shape index (κ3) is 7.54. The largest absolute Gasteiger partial charge is 0.466 e. The number of rotatable bonds is 7. The molecule has 0 aliphatic heterocycles. The van der Waals surface area contributed by atoms with Gasteiger partial charge in [0.15, 0.2) is 0 Å². The first-order valence-corrected chi connectivity index (χ1v) is 4.55. The number of hydrogen-bond acceptors (Lipinski definition) is 2. The number of hydrogen-bond donors (Lipinski definition) is 0. The lowest BCUT2D eigenvalue weighted by molar-refractivity contribution is -0.143. The van der Waals surface area contributed by atoms with Crippen molar-refractivity contribution < 1.29 is 14.6 Å². The summed E-state index contributed by atoms with van der Waals surface area (Å²) < 4.78 is 4.89. The molecule has 0 bridgehead atoms. The topological polar surface area (TPSA) is 46.2 Å². The molecule has 1 radical (unpaired) electrons. The monoisotopic (exact) mass is 173 g/mol. The Hall–Kier alpha value is -0.570. The maximum Gasteiger partial charge on any atom is 0.305 e. The van der Waals surface area contributed by atoms with Crippen molar-refractivity contribution in [3.63, 3.8) is 0 Å². The van der Waals surface area contributed by atoms with Gasteiger partial charge in [0.25, 0.3) is 0 Å². The van der Waals surface area contributed by atoms with Gasteiger partial charge in [0.1, 0.15) is 0 Å². The van der Waals surface area contributed by atoms with Crippen LogP contribution in [0.15, 0.2) is 0 Å². The molecule has 0 unspecified atom stereocenters. The van der Waals surface area contributed by atoms with Gasteiger partial charge in [0, 0.05) is 6.42 Å². The van der Waals surface area contributed by atoms with Crippen molar-refractivity contribution in [2.75, 3.05) is 13.2 Å². The zero-order chi connectivity index (χ0) is 9.23. The lowest BCUT2D eigenvalue weighted by Gasteiger charge is -2.02. The highest BCUT2D eigenvalue weighted by Gasteiger charge is 2.00. The van der Waals surface area contributed by atoms with E-state index >= 15 is 0 Å². The van der Waals surface area contributed by atoms with Gasteiger partial charge in [-0.3, -0.25) is 4.79 Å². The molecule has 0 N–H and O–H groups in total. The van der Waals surface area contributed by atoms with E-state index in [1.165, 1.54) is 0 Å². The minimum Gasteiger partial charge on any atom is -0.466 e. The second-order valence-corrected chi connectivity index (χ2v) is 2.74. The van der Waals surface area contributed by atoms with Gasteiger partial charge >= 0.3 is 5.97 Å². The fraction of sp³-hybridized carbons (Fsp3) is 0.889. The summed E-state index contributed by atoms with van der Waals surface area (Å²) in [5, 5.41) is 10.0. The minimum atomic E-state index is -0.170. The van der Waals surface area contributed by atoms with Crippen LogP contribution in [0.5, 0.6) is 0 Å². The summed E-state index contributed by atoms with van der Waals surface area (Å²) in [5.41, 5.74) is 0. The molecule has 0 heterocycles. The summed E-state index contributed by atoms with van der Waals surface area (Å²) >= 11 is 0. The Balaban J connectivity index is 3.10.